The van der Waals surface area contributed by atoms with Gasteiger partial charge in [-0.05, 0) is 37.8 Å². The number of hydrogen-bond donors (Lipinski definition) is 0. The number of fused-ring (bicyclic) bond motifs is 6. The summed E-state index contributed by atoms with van der Waals surface area (Å²) in [6.07, 6.45) is 9.99. The van der Waals surface area contributed by atoms with Crippen LogP contribution >= 0.6 is 0 Å². The van der Waals surface area contributed by atoms with Crippen molar-refractivity contribution in [3.8, 4) is 0 Å². The van der Waals surface area contributed by atoms with Gasteiger partial charge in [0, 0.05) is 25.9 Å². The molecule has 22 heavy (non-hydrogen) atoms. The van der Waals surface area contributed by atoms with Crippen LogP contribution in [0.25, 0.3) is 22.1 Å². The maximum Gasteiger partial charge on any atom is 0.109 e. The summed E-state index contributed by atoms with van der Waals surface area (Å²) in [4.78, 5) is 9.87. The van der Waals surface area contributed by atoms with E-state index in [4.69, 9.17) is 9.97 Å². The Morgan fingerprint density at radius 3 is 1.64 bits per heavy atom. The molecule has 0 amide bonds. The molecule has 4 nitrogen and oxygen atoms in total. The standard InChI is InChI=1S/C18H22N4/c1-3-7-17-19-13-12-16-14(11-15(13)21(17)9-5-1)20-18-8-4-2-6-10-22(16)18/h11-12H,1-10H2. The average molecular weight is 294 g/mol. The highest BCUT2D eigenvalue weighted by Gasteiger charge is 2.18. The van der Waals surface area contributed by atoms with Crippen LogP contribution in [0.3, 0.4) is 0 Å². The van der Waals surface area contributed by atoms with E-state index in [-0.39, 0.29) is 0 Å². The van der Waals surface area contributed by atoms with Gasteiger partial charge in [-0.15, -0.1) is 0 Å². The van der Waals surface area contributed by atoms with Gasteiger partial charge in [0.2, 0.25) is 0 Å². The topological polar surface area (TPSA) is 35.6 Å². The molecule has 2 aliphatic rings. The van der Waals surface area contributed by atoms with Gasteiger partial charge in [0.25, 0.3) is 0 Å². The highest BCUT2D eigenvalue weighted by Crippen LogP contribution is 2.28. The van der Waals surface area contributed by atoms with Crippen LogP contribution in [-0.2, 0) is 25.9 Å². The van der Waals surface area contributed by atoms with Crippen molar-refractivity contribution in [1.82, 2.24) is 19.1 Å². The second kappa shape index (κ2) is 4.83. The van der Waals surface area contributed by atoms with E-state index in [0.29, 0.717) is 0 Å². The average Bonchev–Trinajstić information content (AvgIpc) is 2.81. The van der Waals surface area contributed by atoms with Crippen LogP contribution in [0, 0.1) is 0 Å². The molecule has 2 aliphatic heterocycles. The first-order chi connectivity index (χ1) is 10.9. The molecule has 0 N–H and O–H groups in total. The minimum absolute atomic E-state index is 1.12. The lowest BCUT2D eigenvalue weighted by Gasteiger charge is -2.05. The van der Waals surface area contributed by atoms with Crippen LogP contribution in [0.5, 0.6) is 0 Å². The quantitative estimate of drug-likeness (QED) is 0.631. The minimum atomic E-state index is 1.12. The summed E-state index contributed by atoms with van der Waals surface area (Å²) in [6.45, 7) is 2.23. The fraction of sp³-hybridized carbons (Fsp3) is 0.556. The molecule has 0 radical (unpaired) electrons. The first-order valence-corrected chi connectivity index (χ1v) is 8.78. The van der Waals surface area contributed by atoms with E-state index < -0.39 is 0 Å². The van der Waals surface area contributed by atoms with E-state index >= 15 is 0 Å². The number of rotatable bonds is 0. The SMILES string of the molecule is c1c2nc3n(c2cc2nc4n(c12)CCCCC4)CCCCC3. The van der Waals surface area contributed by atoms with Crippen molar-refractivity contribution in [2.45, 2.75) is 64.5 Å². The predicted octanol–water partition coefficient (Wildman–Crippen LogP) is 3.84. The van der Waals surface area contributed by atoms with Crippen LogP contribution in [0.2, 0.25) is 0 Å². The predicted molar refractivity (Wildman–Crippen MR) is 88.1 cm³/mol. The molecule has 1 aromatic carbocycles. The van der Waals surface area contributed by atoms with Gasteiger partial charge in [-0.3, -0.25) is 0 Å². The number of aromatic nitrogens is 4. The monoisotopic (exact) mass is 294 g/mol. The summed E-state index contributed by atoms with van der Waals surface area (Å²) in [7, 11) is 0. The van der Waals surface area contributed by atoms with Crippen molar-refractivity contribution in [2.24, 2.45) is 0 Å². The third-order valence-electron chi connectivity index (χ3n) is 5.34. The molecular formula is C18H22N4. The van der Waals surface area contributed by atoms with Gasteiger partial charge in [-0.2, -0.15) is 0 Å². The number of imidazole rings is 2. The smallest absolute Gasteiger partial charge is 0.109 e. The number of hydrogen-bond acceptors (Lipinski definition) is 2. The first-order valence-electron chi connectivity index (χ1n) is 8.78. The zero-order chi connectivity index (χ0) is 14.5. The van der Waals surface area contributed by atoms with Crippen molar-refractivity contribution in [2.75, 3.05) is 0 Å². The lowest BCUT2D eigenvalue weighted by atomic mass is 10.2. The molecule has 0 bridgehead atoms. The van der Waals surface area contributed by atoms with Gasteiger partial charge < -0.3 is 9.13 Å². The molecule has 0 fully saturated rings. The van der Waals surface area contributed by atoms with Crippen LogP contribution in [-0.4, -0.2) is 19.1 Å². The van der Waals surface area contributed by atoms with Crippen molar-refractivity contribution >= 4 is 22.1 Å². The van der Waals surface area contributed by atoms with Gasteiger partial charge in [-0.1, -0.05) is 12.8 Å². The molecular weight excluding hydrogens is 272 g/mol. The largest absolute Gasteiger partial charge is 0.328 e. The molecule has 0 spiro atoms. The zero-order valence-corrected chi connectivity index (χ0v) is 13.0. The zero-order valence-electron chi connectivity index (χ0n) is 13.0. The van der Waals surface area contributed by atoms with Crippen LogP contribution in [0.15, 0.2) is 12.1 Å². The number of nitrogens with zero attached hydrogens (tertiary/aromatic N) is 4. The Hall–Kier alpha value is -1.84. The lowest BCUT2D eigenvalue weighted by molar-refractivity contribution is 0.646. The first kappa shape index (κ1) is 12.7. The Morgan fingerprint density at radius 1 is 0.636 bits per heavy atom. The van der Waals surface area contributed by atoms with Gasteiger partial charge in [0.1, 0.15) is 11.6 Å². The highest BCUT2D eigenvalue weighted by atomic mass is 15.1. The van der Waals surface area contributed by atoms with E-state index in [1.54, 1.807) is 0 Å². The second-order valence-corrected chi connectivity index (χ2v) is 6.81. The molecule has 0 aliphatic carbocycles. The molecule has 0 unspecified atom stereocenters. The Kier molecular flexibility index (Phi) is 2.79. The van der Waals surface area contributed by atoms with Gasteiger partial charge in [0.05, 0.1) is 22.1 Å². The Morgan fingerprint density at radius 2 is 1.14 bits per heavy atom. The maximum atomic E-state index is 4.94. The third kappa shape index (κ3) is 1.82. The normalized spacial score (nSPS) is 18.9. The Labute approximate surface area is 130 Å². The summed E-state index contributed by atoms with van der Waals surface area (Å²) >= 11 is 0. The maximum absolute atomic E-state index is 4.94. The van der Waals surface area contributed by atoms with Crippen LogP contribution in [0.1, 0.15) is 50.2 Å². The van der Waals surface area contributed by atoms with Crippen molar-refractivity contribution in [3.63, 3.8) is 0 Å². The van der Waals surface area contributed by atoms with E-state index in [0.717, 1.165) is 37.0 Å². The molecule has 3 aromatic rings. The fourth-order valence-electron chi connectivity index (χ4n) is 4.18. The number of benzene rings is 1. The molecule has 0 saturated carbocycles. The minimum Gasteiger partial charge on any atom is -0.328 e. The Balaban J connectivity index is 1.75. The van der Waals surface area contributed by atoms with E-state index in [1.165, 1.54) is 61.2 Å². The fourth-order valence-corrected chi connectivity index (χ4v) is 4.18. The van der Waals surface area contributed by atoms with Crippen LogP contribution < -0.4 is 0 Å². The summed E-state index contributed by atoms with van der Waals surface area (Å²) in [5, 5.41) is 0. The summed E-state index contributed by atoms with van der Waals surface area (Å²) in [5.74, 6) is 2.55. The molecule has 0 saturated heterocycles. The Bertz CT molecular complexity index is 783. The highest BCUT2D eigenvalue weighted by molar-refractivity contribution is 5.92. The molecule has 114 valence electrons. The van der Waals surface area contributed by atoms with Gasteiger partial charge in [0.15, 0.2) is 0 Å². The van der Waals surface area contributed by atoms with E-state index in [1.807, 2.05) is 0 Å². The number of aryl methyl sites for hydroxylation is 4. The van der Waals surface area contributed by atoms with Crippen molar-refractivity contribution < 1.29 is 0 Å². The molecule has 2 aromatic heterocycles. The van der Waals surface area contributed by atoms with Crippen molar-refractivity contribution in [3.05, 3.63) is 23.8 Å². The summed E-state index contributed by atoms with van der Waals surface area (Å²) in [5.41, 5.74) is 4.91. The lowest BCUT2D eigenvalue weighted by Crippen LogP contribution is -2.00. The summed E-state index contributed by atoms with van der Waals surface area (Å²) < 4.78 is 4.87. The van der Waals surface area contributed by atoms with E-state index in [9.17, 15) is 0 Å². The molecule has 4 heterocycles. The molecule has 5 rings (SSSR count). The van der Waals surface area contributed by atoms with Gasteiger partial charge in [-0.25, -0.2) is 9.97 Å². The second-order valence-electron chi connectivity index (χ2n) is 6.81. The van der Waals surface area contributed by atoms with Gasteiger partial charge >= 0.3 is 0 Å². The van der Waals surface area contributed by atoms with E-state index in [2.05, 4.69) is 21.3 Å². The molecule has 4 heteroatoms. The third-order valence-corrected chi connectivity index (χ3v) is 5.34. The van der Waals surface area contributed by atoms with Crippen molar-refractivity contribution in [1.29, 1.82) is 0 Å². The summed E-state index contributed by atoms with van der Waals surface area (Å²) in [6, 6.07) is 4.57. The van der Waals surface area contributed by atoms with Crippen LogP contribution in [0.4, 0.5) is 0 Å². The molecule has 0 atom stereocenters.